The average molecular weight is 372 g/mol. The molecule has 0 bridgehead atoms. The summed E-state index contributed by atoms with van der Waals surface area (Å²) in [6.45, 7) is -0.683. The van der Waals surface area contributed by atoms with Crippen LogP contribution in [0.25, 0.3) is 0 Å². The van der Waals surface area contributed by atoms with Gasteiger partial charge in [0.05, 0.1) is 6.61 Å². The minimum atomic E-state index is -4.76. The van der Waals surface area contributed by atoms with Gasteiger partial charge in [0, 0.05) is 12.3 Å². The van der Waals surface area contributed by atoms with Crippen molar-refractivity contribution in [3.8, 4) is 0 Å². The van der Waals surface area contributed by atoms with Gasteiger partial charge in [-0.05, 0) is 0 Å². The van der Waals surface area contributed by atoms with E-state index in [1.807, 2.05) is 4.98 Å². The molecule has 0 saturated carbocycles. The van der Waals surface area contributed by atoms with Crippen molar-refractivity contribution in [2.75, 3.05) is 6.61 Å². The van der Waals surface area contributed by atoms with Gasteiger partial charge in [-0.25, -0.2) is 9.36 Å². The summed E-state index contributed by atoms with van der Waals surface area (Å²) >= 11 is 0. The molecule has 122 valence electrons. The molecular weight excluding hydrogens is 357 g/mol. The van der Waals surface area contributed by atoms with Crippen molar-refractivity contribution in [3.63, 3.8) is 0 Å². The molecule has 1 aliphatic heterocycles. The molecule has 0 radical (unpaired) electrons. The Kier molecular flexibility index (Phi) is 9.66. The topological polar surface area (TPSA) is 171 Å². The molecule has 0 aliphatic carbocycles. The van der Waals surface area contributed by atoms with Crippen molar-refractivity contribution >= 4 is 66.9 Å². The molecule has 0 amide bonds. The van der Waals surface area contributed by atoms with Gasteiger partial charge in [0.2, 0.25) is 0 Å². The van der Waals surface area contributed by atoms with Crippen molar-refractivity contribution in [1.82, 2.24) is 9.55 Å². The molecule has 1 aromatic rings. The number of phosphoric ester groups is 1. The van der Waals surface area contributed by atoms with E-state index in [1.165, 1.54) is 0 Å². The first-order valence-electron chi connectivity index (χ1n) is 5.72. The number of nitrogens with one attached hydrogen (secondary N) is 1. The second kappa shape index (κ2) is 9.39. The average Bonchev–Trinajstić information content (AvgIpc) is 2.64. The third-order valence-corrected chi connectivity index (χ3v) is 3.35. The Labute approximate surface area is 173 Å². The SMILES string of the molecule is O=c1ccn([C@H]2O[C@@H](COP(=O)(O)O)[C@H](O)[C@@H]2O)c(=O)[nH]1.[NaH].[NaH]. The van der Waals surface area contributed by atoms with Gasteiger partial charge in [-0.3, -0.25) is 18.9 Å². The number of hydrogen-bond donors (Lipinski definition) is 5. The van der Waals surface area contributed by atoms with E-state index in [4.69, 9.17) is 14.5 Å². The molecule has 1 saturated heterocycles. The molecule has 2 rings (SSSR count). The van der Waals surface area contributed by atoms with Crippen LogP contribution in [0.2, 0.25) is 0 Å². The van der Waals surface area contributed by atoms with Crippen LogP contribution in [0.4, 0.5) is 0 Å². The van der Waals surface area contributed by atoms with Crippen molar-refractivity contribution in [2.45, 2.75) is 24.5 Å². The number of aromatic nitrogens is 2. The number of rotatable bonds is 4. The van der Waals surface area contributed by atoms with Crippen LogP contribution in [-0.4, -0.2) is 114 Å². The molecule has 1 aliphatic rings. The van der Waals surface area contributed by atoms with Crippen LogP contribution >= 0.6 is 7.82 Å². The number of ether oxygens (including phenoxy) is 1. The molecule has 14 heteroatoms. The Morgan fingerprint density at radius 1 is 1.26 bits per heavy atom. The van der Waals surface area contributed by atoms with Gasteiger partial charge in [0.15, 0.2) is 6.23 Å². The Bertz CT molecular complexity index is 673. The molecule has 0 unspecified atom stereocenters. The normalized spacial score (nSPS) is 27.1. The number of hydrogen-bond acceptors (Lipinski definition) is 7. The Morgan fingerprint density at radius 3 is 2.39 bits per heavy atom. The predicted octanol–water partition coefficient (Wildman–Crippen LogP) is -4.03. The van der Waals surface area contributed by atoms with Gasteiger partial charge >= 0.3 is 72.6 Å². The van der Waals surface area contributed by atoms with E-state index >= 15 is 0 Å². The monoisotopic (exact) mass is 372 g/mol. The molecule has 4 atom stereocenters. The van der Waals surface area contributed by atoms with Crippen LogP contribution < -0.4 is 11.2 Å². The third-order valence-electron chi connectivity index (χ3n) is 2.87. The van der Waals surface area contributed by atoms with Gasteiger partial charge in [-0.2, -0.15) is 0 Å². The first-order chi connectivity index (χ1) is 9.69. The Balaban J connectivity index is 0.00000242. The zero-order valence-corrected chi connectivity index (χ0v) is 11.3. The van der Waals surface area contributed by atoms with Gasteiger partial charge < -0.3 is 24.7 Å². The number of aliphatic hydroxyl groups is 2. The zero-order chi connectivity index (χ0) is 15.8. The van der Waals surface area contributed by atoms with E-state index in [-0.39, 0.29) is 59.1 Å². The zero-order valence-electron chi connectivity index (χ0n) is 10.4. The summed E-state index contributed by atoms with van der Waals surface area (Å²) in [5, 5.41) is 19.6. The van der Waals surface area contributed by atoms with Crippen molar-refractivity contribution < 1.29 is 33.8 Å². The molecule has 23 heavy (non-hydrogen) atoms. The van der Waals surface area contributed by atoms with Crippen molar-refractivity contribution in [2.24, 2.45) is 0 Å². The Morgan fingerprint density at radius 2 is 1.87 bits per heavy atom. The molecule has 1 aromatic heterocycles. The maximum absolute atomic E-state index is 11.6. The second-order valence-corrected chi connectivity index (χ2v) is 5.59. The number of aromatic amines is 1. The quantitative estimate of drug-likeness (QED) is 0.261. The second-order valence-electron chi connectivity index (χ2n) is 4.35. The maximum atomic E-state index is 11.6. The standard InChI is InChI=1S/C9H13N2O9P.2Na.2H/c12-5-1-2-11(9(15)10-5)8-7(14)6(13)4(20-8)3-19-21(16,17)18;;;;/h1-2,4,6-8,13-14H,3H2,(H,10,12,15)(H2,16,17,18);;;;/t4-,6-,7-,8-;;;;/m0..../s1. The van der Waals surface area contributed by atoms with E-state index in [0.717, 1.165) is 16.8 Å². The molecule has 0 aromatic carbocycles. The Hall–Kier alpha value is 0.670. The van der Waals surface area contributed by atoms with Crippen LogP contribution in [0.3, 0.4) is 0 Å². The summed E-state index contributed by atoms with van der Waals surface area (Å²) in [6, 6.07) is 1.02. The van der Waals surface area contributed by atoms with Gasteiger partial charge in [0.1, 0.15) is 18.3 Å². The van der Waals surface area contributed by atoms with Crippen LogP contribution in [0.5, 0.6) is 0 Å². The molecule has 2 heterocycles. The number of nitrogens with zero attached hydrogens (tertiary/aromatic N) is 1. The molecular formula is C9H15N2Na2O9P. The number of aliphatic hydroxyl groups excluding tert-OH is 2. The minimum absolute atomic E-state index is 0. The van der Waals surface area contributed by atoms with E-state index in [2.05, 4.69) is 4.52 Å². The predicted molar refractivity (Wildman–Crippen MR) is 79.5 cm³/mol. The summed E-state index contributed by atoms with van der Waals surface area (Å²) in [7, 11) is -4.76. The van der Waals surface area contributed by atoms with Crippen LogP contribution in [-0.2, 0) is 13.8 Å². The fourth-order valence-corrected chi connectivity index (χ4v) is 2.24. The molecule has 5 N–H and O–H groups in total. The van der Waals surface area contributed by atoms with Gasteiger partial charge in [-0.15, -0.1) is 0 Å². The van der Waals surface area contributed by atoms with E-state index in [1.54, 1.807) is 0 Å². The first-order valence-corrected chi connectivity index (χ1v) is 7.25. The first kappa shape index (κ1) is 23.7. The van der Waals surface area contributed by atoms with E-state index in [9.17, 15) is 24.4 Å². The van der Waals surface area contributed by atoms with E-state index < -0.39 is 50.2 Å². The summed E-state index contributed by atoms with van der Waals surface area (Å²) in [4.78, 5) is 41.6. The fraction of sp³-hybridized carbons (Fsp3) is 0.556. The van der Waals surface area contributed by atoms with Gasteiger partial charge in [-0.1, -0.05) is 0 Å². The van der Waals surface area contributed by atoms with Crippen molar-refractivity contribution in [3.05, 3.63) is 33.1 Å². The fourth-order valence-electron chi connectivity index (χ4n) is 1.89. The summed E-state index contributed by atoms with van der Waals surface area (Å²) < 4.78 is 20.8. The van der Waals surface area contributed by atoms with Crippen molar-refractivity contribution in [1.29, 1.82) is 0 Å². The third kappa shape index (κ3) is 6.15. The summed E-state index contributed by atoms with van der Waals surface area (Å²) in [6.07, 6.45) is -4.58. The van der Waals surface area contributed by atoms with E-state index in [0.29, 0.717) is 0 Å². The van der Waals surface area contributed by atoms with Crippen LogP contribution in [0, 0.1) is 0 Å². The van der Waals surface area contributed by atoms with Gasteiger partial charge in [0.25, 0.3) is 5.56 Å². The summed E-state index contributed by atoms with van der Waals surface area (Å²) in [5.41, 5.74) is -1.51. The molecule has 11 nitrogen and oxygen atoms in total. The molecule has 0 spiro atoms. The van der Waals surface area contributed by atoms with Crippen LogP contribution in [0.1, 0.15) is 6.23 Å². The molecule has 1 fully saturated rings. The van der Waals surface area contributed by atoms with Crippen LogP contribution in [0.15, 0.2) is 21.9 Å². The number of H-pyrrole nitrogens is 1. The number of phosphoric acid groups is 1. The summed E-state index contributed by atoms with van der Waals surface area (Å²) in [5.74, 6) is 0.